The van der Waals surface area contributed by atoms with E-state index in [0.717, 1.165) is 49.9 Å². The van der Waals surface area contributed by atoms with E-state index in [1.165, 1.54) is 0 Å². The van der Waals surface area contributed by atoms with E-state index >= 15 is 0 Å². The number of rotatable bonds is 5. The van der Waals surface area contributed by atoms with Gasteiger partial charge in [-0.3, -0.25) is 9.69 Å². The largest absolute Gasteiger partial charge is 0.338 e. The lowest BCUT2D eigenvalue weighted by Gasteiger charge is -2.34. The van der Waals surface area contributed by atoms with Gasteiger partial charge in [0.2, 0.25) is 5.95 Å². The number of aromatic nitrogens is 2. The van der Waals surface area contributed by atoms with Crippen molar-refractivity contribution >= 4 is 17.5 Å². The monoisotopic (exact) mass is 373 g/mol. The fourth-order valence-electron chi connectivity index (χ4n) is 3.35. The standard InChI is InChI=1S/C22H23N5O/c28-21(25-20-8-2-1-3-9-20)19-7-4-6-18(16-19)17-26-12-14-27(15-13-26)22-23-10-5-11-24-22/h1-11,16H,12-15,17H2,(H,25,28). The third-order valence-corrected chi connectivity index (χ3v) is 4.83. The maximum atomic E-state index is 12.5. The molecule has 0 saturated carbocycles. The Bertz CT molecular complexity index is 908. The molecule has 1 aromatic heterocycles. The quantitative estimate of drug-likeness (QED) is 0.745. The molecule has 0 spiro atoms. The highest BCUT2D eigenvalue weighted by atomic mass is 16.1. The molecule has 6 heteroatoms. The van der Waals surface area contributed by atoms with Crippen LogP contribution in [0, 0.1) is 0 Å². The molecule has 0 bridgehead atoms. The second-order valence-electron chi connectivity index (χ2n) is 6.83. The minimum Gasteiger partial charge on any atom is -0.338 e. The number of carbonyl (C=O) groups is 1. The van der Waals surface area contributed by atoms with Gasteiger partial charge in [-0.2, -0.15) is 0 Å². The first kappa shape index (κ1) is 18.1. The molecule has 0 aliphatic carbocycles. The van der Waals surface area contributed by atoms with Gasteiger partial charge >= 0.3 is 0 Å². The van der Waals surface area contributed by atoms with E-state index in [9.17, 15) is 4.79 Å². The first-order valence-corrected chi connectivity index (χ1v) is 9.47. The zero-order chi connectivity index (χ0) is 19.2. The normalized spacial score (nSPS) is 14.6. The molecule has 0 unspecified atom stereocenters. The van der Waals surface area contributed by atoms with Gasteiger partial charge in [-0.15, -0.1) is 0 Å². The number of carbonyl (C=O) groups excluding carboxylic acids is 1. The maximum Gasteiger partial charge on any atom is 0.255 e. The van der Waals surface area contributed by atoms with Crippen molar-refractivity contribution in [3.8, 4) is 0 Å². The molecule has 1 fully saturated rings. The van der Waals surface area contributed by atoms with Crippen molar-refractivity contribution in [3.05, 3.63) is 84.2 Å². The predicted octanol–water partition coefficient (Wildman–Crippen LogP) is 3.05. The molecule has 142 valence electrons. The Hall–Kier alpha value is -3.25. The van der Waals surface area contributed by atoms with E-state index in [2.05, 4.69) is 31.2 Å². The van der Waals surface area contributed by atoms with Crippen molar-refractivity contribution in [2.45, 2.75) is 6.54 Å². The van der Waals surface area contributed by atoms with Gasteiger partial charge in [0.05, 0.1) is 0 Å². The number of anilines is 2. The lowest BCUT2D eigenvalue weighted by atomic mass is 10.1. The lowest BCUT2D eigenvalue weighted by molar-refractivity contribution is 0.102. The highest BCUT2D eigenvalue weighted by molar-refractivity contribution is 6.04. The van der Waals surface area contributed by atoms with Gasteiger partial charge in [0.15, 0.2) is 0 Å². The van der Waals surface area contributed by atoms with Crippen molar-refractivity contribution < 1.29 is 4.79 Å². The summed E-state index contributed by atoms with van der Waals surface area (Å²) >= 11 is 0. The van der Waals surface area contributed by atoms with Crippen LogP contribution in [0.5, 0.6) is 0 Å². The third kappa shape index (κ3) is 4.53. The summed E-state index contributed by atoms with van der Waals surface area (Å²) in [7, 11) is 0. The van der Waals surface area contributed by atoms with Crippen molar-refractivity contribution in [1.29, 1.82) is 0 Å². The number of nitrogens with one attached hydrogen (secondary N) is 1. The van der Waals surface area contributed by atoms with Crippen LogP contribution < -0.4 is 10.2 Å². The fraction of sp³-hybridized carbons (Fsp3) is 0.227. The van der Waals surface area contributed by atoms with Gasteiger partial charge in [0, 0.05) is 56.4 Å². The zero-order valence-electron chi connectivity index (χ0n) is 15.7. The molecule has 0 atom stereocenters. The van der Waals surface area contributed by atoms with Gasteiger partial charge in [-0.05, 0) is 35.9 Å². The first-order valence-electron chi connectivity index (χ1n) is 9.47. The van der Waals surface area contributed by atoms with Gasteiger partial charge in [-0.1, -0.05) is 30.3 Å². The molecule has 1 saturated heterocycles. The Kier molecular flexibility index (Phi) is 5.58. The topological polar surface area (TPSA) is 61.4 Å². The molecule has 0 radical (unpaired) electrons. The molecule has 2 heterocycles. The van der Waals surface area contributed by atoms with Crippen LogP contribution in [-0.4, -0.2) is 47.0 Å². The summed E-state index contributed by atoms with van der Waals surface area (Å²) in [6, 6.07) is 19.2. The zero-order valence-corrected chi connectivity index (χ0v) is 15.7. The minimum absolute atomic E-state index is 0.0842. The van der Waals surface area contributed by atoms with Crippen LogP contribution in [0.4, 0.5) is 11.6 Å². The summed E-state index contributed by atoms with van der Waals surface area (Å²) in [6.07, 6.45) is 3.56. The van der Waals surface area contributed by atoms with Crippen LogP contribution in [-0.2, 0) is 6.54 Å². The SMILES string of the molecule is O=C(Nc1ccccc1)c1cccc(CN2CCN(c3ncccn3)CC2)c1. The molecular weight excluding hydrogens is 350 g/mol. The molecule has 6 nitrogen and oxygen atoms in total. The van der Waals surface area contributed by atoms with E-state index in [4.69, 9.17) is 0 Å². The summed E-state index contributed by atoms with van der Waals surface area (Å²) in [4.78, 5) is 25.8. The van der Waals surface area contributed by atoms with Gasteiger partial charge in [0.25, 0.3) is 5.91 Å². The van der Waals surface area contributed by atoms with E-state index in [1.54, 1.807) is 12.4 Å². The van der Waals surface area contributed by atoms with Gasteiger partial charge in [-0.25, -0.2) is 9.97 Å². The molecule has 2 aromatic carbocycles. The molecule has 1 N–H and O–H groups in total. The molecule has 28 heavy (non-hydrogen) atoms. The van der Waals surface area contributed by atoms with E-state index < -0.39 is 0 Å². The van der Waals surface area contributed by atoms with Gasteiger partial charge < -0.3 is 10.2 Å². The summed E-state index contributed by atoms with van der Waals surface area (Å²) in [6.45, 7) is 4.52. The van der Waals surface area contributed by atoms with E-state index in [1.807, 2.05) is 54.6 Å². The first-order chi connectivity index (χ1) is 13.8. The van der Waals surface area contributed by atoms with Crippen molar-refractivity contribution in [3.63, 3.8) is 0 Å². The highest BCUT2D eigenvalue weighted by Gasteiger charge is 2.19. The summed E-state index contributed by atoms with van der Waals surface area (Å²) in [5.74, 6) is 0.709. The third-order valence-electron chi connectivity index (χ3n) is 4.83. The number of piperazine rings is 1. The Labute approximate surface area is 164 Å². The van der Waals surface area contributed by atoms with Crippen LogP contribution in [0.2, 0.25) is 0 Å². The Morgan fingerprint density at radius 1 is 0.893 bits per heavy atom. The lowest BCUT2D eigenvalue weighted by Crippen LogP contribution is -2.46. The van der Waals surface area contributed by atoms with Crippen molar-refractivity contribution in [2.75, 3.05) is 36.4 Å². The fourth-order valence-corrected chi connectivity index (χ4v) is 3.35. The minimum atomic E-state index is -0.0842. The number of nitrogens with zero attached hydrogens (tertiary/aromatic N) is 4. The molecule has 4 rings (SSSR count). The molecule has 1 aliphatic heterocycles. The molecule has 3 aromatic rings. The van der Waals surface area contributed by atoms with E-state index in [-0.39, 0.29) is 5.91 Å². The van der Waals surface area contributed by atoms with Crippen LogP contribution >= 0.6 is 0 Å². The maximum absolute atomic E-state index is 12.5. The summed E-state index contributed by atoms with van der Waals surface area (Å²) in [5.41, 5.74) is 2.62. The summed E-state index contributed by atoms with van der Waals surface area (Å²) < 4.78 is 0. The van der Waals surface area contributed by atoms with Crippen LogP contribution in [0.15, 0.2) is 73.1 Å². The summed E-state index contributed by atoms with van der Waals surface area (Å²) in [5, 5.41) is 2.94. The van der Waals surface area contributed by atoms with Crippen LogP contribution in [0.1, 0.15) is 15.9 Å². The molecule has 1 amide bonds. The van der Waals surface area contributed by atoms with Crippen LogP contribution in [0.25, 0.3) is 0 Å². The van der Waals surface area contributed by atoms with Crippen molar-refractivity contribution in [2.24, 2.45) is 0 Å². The predicted molar refractivity (Wildman–Crippen MR) is 110 cm³/mol. The van der Waals surface area contributed by atoms with E-state index in [0.29, 0.717) is 5.56 Å². The Morgan fingerprint density at radius 3 is 2.39 bits per heavy atom. The number of para-hydroxylation sites is 1. The van der Waals surface area contributed by atoms with Crippen LogP contribution in [0.3, 0.4) is 0 Å². The average Bonchev–Trinajstić information content (AvgIpc) is 2.76. The highest BCUT2D eigenvalue weighted by Crippen LogP contribution is 2.15. The van der Waals surface area contributed by atoms with Crippen molar-refractivity contribution in [1.82, 2.24) is 14.9 Å². The number of hydrogen-bond acceptors (Lipinski definition) is 5. The number of amides is 1. The smallest absolute Gasteiger partial charge is 0.255 e. The Morgan fingerprint density at radius 2 is 1.64 bits per heavy atom. The number of benzene rings is 2. The second-order valence-corrected chi connectivity index (χ2v) is 6.83. The molecule has 1 aliphatic rings. The second kappa shape index (κ2) is 8.63. The average molecular weight is 373 g/mol. The van der Waals surface area contributed by atoms with Gasteiger partial charge in [0.1, 0.15) is 0 Å². The molecular formula is C22H23N5O. The Balaban J connectivity index is 1.34. The number of hydrogen-bond donors (Lipinski definition) is 1.